The predicted molar refractivity (Wildman–Crippen MR) is 161 cm³/mol. The van der Waals surface area contributed by atoms with Crippen molar-refractivity contribution in [2.24, 2.45) is 0 Å². The van der Waals surface area contributed by atoms with Gasteiger partial charge in [0.1, 0.15) is 5.75 Å². The summed E-state index contributed by atoms with van der Waals surface area (Å²) in [5.41, 5.74) is 1.45. The lowest BCUT2D eigenvalue weighted by Gasteiger charge is -2.34. The van der Waals surface area contributed by atoms with Crippen LogP contribution in [0.4, 0.5) is 0 Å². The minimum atomic E-state index is -0.303. The first kappa shape index (κ1) is 31.4. The molecule has 0 saturated carbocycles. The second kappa shape index (κ2) is 15.6. The van der Waals surface area contributed by atoms with Crippen LogP contribution in [0.1, 0.15) is 35.2 Å². The molecule has 2 aromatic rings. The molecular weight excluding hydrogens is 589 g/mol. The number of piperazine rings is 1. The molecule has 2 aliphatic rings. The summed E-state index contributed by atoms with van der Waals surface area (Å²) in [6.07, 6.45) is 2.18. The van der Waals surface area contributed by atoms with Gasteiger partial charge in [-0.05, 0) is 48.7 Å². The number of hydrogen-bond acceptors (Lipinski definition) is 6. The van der Waals surface area contributed by atoms with E-state index in [1.165, 1.54) is 6.07 Å². The van der Waals surface area contributed by atoms with Crippen LogP contribution in [0.5, 0.6) is 5.75 Å². The number of nitrogens with zero attached hydrogens (tertiary/aromatic N) is 3. The molecule has 0 spiro atoms. The van der Waals surface area contributed by atoms with Gasteiger partial charge in [0.25, 0.3) is 11.8 Å². The summed E-state index contributed by atoms with van der Waals surface area (Å²) >= 11 is 18.3. The van der Waals surface area contributed by atoms with Crippen LogP contribution in [0.3, 0.4) is 0 Å². The molecule has 0 atom stereocenters. The van der Waals surface area contributed by atoms with Crippen LogP contribution in [0.15, 0.2) is 36.4 Å². The number of amides is 3. The van der Waals surface area contributed by atoms with E-state index in [1.54, 1.807) is 12.1 Å². The van der Waals surface area contributed by atoms with E-state index < -0.39 is 0 Å². The number of carbonyl (C=O) groups excluding carboxylic acids is 3. The van der Waals surface area contributed by atoms with Gasteiger partial charge in [-0.2, -0.15) is 0 Å². The van der Waals surface area contributed by atoms with Crippen molar-refractivity contribution in [3.8, 4) is 5.75 Å². The lowest BCUT2D eigenvalue weighted by atomic mass is 10.2. The second-order valence-electron chi connectivity index (χ2n) is 10.2. The molecule has 0 aromatic heterocycles. The van der Waals surface area contributed by atoms with Crippen molar-refractivity contribution >= 4 is 52.5 Å². The molecule has 222 valence electrons. The Morgan fingerprint density at radius 2 is 1.63 bits per heavy atom. The fourth-order valence-electron chi connectivity index (χ4n) is 4.93. The third-order valence-electron chi connectivity index (χ3n) is 7.21. The van der Waals surface area contributed by atoms with E-state index in [0.717, 1.165) is 57.8 Å². The van der Waals surface area contributed by atoms with Crippen molar-refractivity contribution in [2.75, 3.05) is 65.5 Å². The highest BCUT2D eigenvalue weighted by Gasteiger charge is 2.20. The van der Waals surface area contributed by atoms with Gasteiger partial charge < -0.3 is 20.3 Å². The van der Waals surface area contributed by atoms with Crippen LogP contribution < -0.4 is 15.4 Å². The summed E-state index contributed by atoms with van der Waals surface area (Å²) in [5.74, 6) is -0.165. The van der Waals surface area contributed by atoms with Gasteiger partial charge in [0.05, 0.1) is 15.6 Å². The third-order valence-corrected chi connectivity index (χ3v) is 8.19. The zero-order chi connectivity index (χ0) is 29.2. The minimum absolute atomic E-state index is 0.172. The van der Waals surface area contributed by atoms with E-state index in [0.29, 0.717) is 53.1 Å². The van der Waals surface area contributed by atoms with Crippen LogP contribution in [-0.4, -0.2) is 97.9 Å². The molecule has 41 heavy (non-hydrogen) atoms. The Balaban J connectivity index is 1.15. The summed E-state index contributed by atoms with van der Waals surface area (Å²) in [5, 5.41) is 7.28. The Hall–Kier alpha value is -2.56. The zero-order valence-corrected chi connectivity index (χ0v) is 25.2. The Morgan fingerprint density at radius 3 is 2.37 bits per heavy atom. The molecule has 0 radical (unpaired) electrons. The maximum Gasteiger partial charge on any atom is 0.257 e. The Labute approximate surface area is 256 Å². The summed E-state index contributed by atoms with van der Waals surface area (Å²) in [4.78, 5) is 43.4. The van der Waals surface area contributed by atoms with E-state index in [9.17, 15) is 14.4 Å². The number of benzene rings is 2. The monoisotopic (exact) mass is 623 g/mol. The molecular formula is C29H36Cl3N5O4. The van der Waals surface area contributed by atoms with E-state index in [4.69, 9.17) is 39.5 Å². The quantitative estimate of drug-likeness (QED) is 0.330. The first-order chi connectivity index (χ1) is 19.8. The third kappa shape index (κ3) is 9.75. The summed E-state index contributed by atoms with van der Waals surface area (Å²) in [6, 6.07) is 10.5. The Kier molecular flexibility index (Phi) is 11.9. The topological polar surface area (TPSA) is 94.2 Å². The van der Waals surface area contributed by atoms with Gasteiger partial charge in [-0.3, -0.25) is 24.2 Å². The van der Waals surface area contributed by atoms with Crippen LogP contribution in [0.25, 0.3) is 0 Å². The van der Waals surface area contributed by atoms with Crippen molar-refractivity contribution in [1.29, 1.82) is 0 Å². The first-order valence-electron chi connectivity index (χ1n) is 13.9. The van der Waals surface area contributed by atoms with Crippen molar-refractivity contribution in [1.82, 2.24) is 25.3 Å². The van der Waals surface area contributed by atoms with Gasteiger partial charge in [0.2, 0.25) is 5.91 Å². The highest BCUT2D eigenvalue weighted by molar-refractivity contribution is 6.42. The molecule has 2 aromatic carbocycles. The average Bonchev–Trinajstić information content (AvgIpc) is 3.37. The molecule has 2 saturated heterocycles. The van der Waals surface area contributed by atoms with E-state index >= 15 is 0 Å². The van der Waals surface area contributed by atoms with Gasteiger partial charge in [0, 0.05) is 76.9 Å². The fourth-order valence-corrected chi connectivity index (χ4v) is 5.41. The smallest absolute Gasteiger partial charge is 0.257 e. The number of nitrogens with one attached hydrogen (secondary N) is 2. The van der Waals surface area contributed by atoms with Gasteiger partial charge in [-0.15, -0.1) is 0 Å². The molecule has 4 rings (SSSR count). The molecule has 9 nitrogen and oxygen atoms in total. The van der Waals surface area contributed by atoms with Gasteiger partial charge in [-0.25, -0.2) is 0 Å². The number of ether oxygens (including phenoxy) is 1. The molecule has 0 unspecified atom stereocenters. The molecule has 3 amide bonds. The van der Waals surface area contributed by atoms with Crippen molar-refractivity contribution in [3.63, 3.8) is 0 Å². The molecule has 2 fully saturated rings. The number of likely N-dealkylation sites (tertiary alicyclic amines) is 1. The molecule has 12 heteroatoms. The molecule has 0 bridgehead atoms. The highest BCUT2D eigenvalue weighted by atomic mass is 35.5. The number of hydrogen-bond donors (Lipinski definition) is 2. The normalized spacial score (nSPS) is 16.2. The summed E-state index contributed by atoms with van der Waals surface area (Å²) in [6.45, 7) is 7.28. The SMILES string of the molecule is O=C(COc1cc(Cl)ccc1C(=O)NCCN1CCN(Cc2ccc(Cl)c(Cl)c2)CC1)NCCCN1CCCC1=O. The largest absolute Gasteiger partial charge is 0.483 e. The maximum absolute atomic E-state index is 12.9. The summed E-state index contributed by atoms with van der Waals surface area (Å²) < 4.78 is 5.67. The minimum Gasteiger partial charge on any atom is -0.483 e. The zero-order valence-electron chi connectivity index (χ0n) is 23.0. The highest BCUT2D eigenvalue weighted by Crippen LogP contribution is 2.24. The van der Waals surface area contributed by atoms with Crippen LogP contribution in [0, 0.1) is 0 Å². The number of rotatable bonds is 13. The Bertz CT molecular complexity index is 1220. The average molecular weight is 625 g/mol. The Morgan fingerprint density at radius 1 is 0.854 bits per heavy atom. The predicted octanol–water partition coefficient (Wildman–Crippen LogP) is 3.70. The van der Waals surface area contributed by atoms with Crippen LogP contribution in [-0.2, 0) is 16.1 Å². The molecule has 2 aliphatic heterocycles. The summed E-state index contributed by atoms with van der Waals surface area (Å²) in [7, 11) is 0. The lowest BCUT2D eigenvalue weighted by Crippen LogP contribution is -2.48. The van der Waals surface area contributed by atoms with Gasteiger partial charge in [0.15, 0.2) is 6.61 Å². The van der Waals surface area contributed by atoms with Crippen LogP contribution in [0.2, 0.25) is 15.1 Å². The molecule has 0 aliphatic carbocycles. The van der Waals surface area contributed by atoms with E-state index in [1.807, 2.05) is 23.1 Å². The standard InChI is InChI=1S/C29H36Cl3N5O4/c30-22-5-6-23(26(18-22)41-20-27(38)33-8-2-11-37-10-1-3-28(37)39)29(40)34-9-12-35-13-15-36(16-14-35)19-21-4-7-24(31)25(32)17-21/h4-7,17-18H,1-3,8-16,19-20H2,(H,33,38)(H,34,40). The molecule has 2 N–H and O–H groups in total. The number of carbonyl (C=O) groups is 3. The number of halogens is 3. The van der Waals surface area contributed by atoms with Crippen molar-refractivity contribution in [3.05, 3.63) is 62.6 Å². The maximum atomic E-state index is 12.9. The fraction of sp³-hybridized carbons (Fsp3) is 0.483. The van der Waals surface area contributed by atoms with Gasteiger partial charge >= 0.3 is 0 Å². The van der Waals surface area contributed by atoms with Crippen LogP contribution >= 0.6 is 34.8 Å². The van der Waals surface area contributed by atoms with E-state index in [2.05, 4.69) is 20.4 Å². The second-order valence-corrected chi connectivity index (χ2v) is 11.5. The van der Waals surface area contributed by atoms with Crippen molar-refractivity contribution in [2.45, 2.75) is 25.8 Å². The molecule has 2 heterocycles. The van der Waals surface area contributed by atoms with E-state index in [-0.39, 0.29) is 30.1 Å². The lowest BCUT2D eigenvalue weighted by molar-refractivity contribution is -0.127. The van der Waals surface area contributed by atoms with Crippen molar-refractivity contribution < 1.29 is 19.1 Å². The first-order valence-corrected chi connectivity index (χ1v) is 15.1. The van der Waals surface area contributed by atoms with Gasteiger partial charge in [-0.1, -0.05) is 40.9 Å².